The standard InChI is InChI=1S/C18H21N3O3.C7H6O2/c1-11-8-14(9-15(11)22)21-10-12(2)16(20-18(21)24)19-17(23)13-6-4-3-5-7-13;8-7(9)6-4-2-1-3-5-6/h3-7,10-11,14-15,22H,8-9H2,1-2H3,(H,19,20,23,24);1-5H,(H,8,9)/t11-,14+,15?;/m0./s1. The maximum absolute atomic E-state index is 12.3. The molecule has 1 aromatic heterocycles. The minimum absolute atomic E-state index is 0.0485. The third-order valence-electron chi connectivity index (χ3n) is 5.63. The number of carboxylic acids is 1. The van der Waals surface area contributed by atoms with E-state index in [0.717, 1.165) is 6.42 Å². The van der Waals surface area contributed by atoms with Gasteiger partial charge in [0.15, 0.2) is 0 Å². The molecule has 4 rings (SSSR count). The Morgan fingerprint density at radius 2 is 1.58 bits per heavy atom. The zero-order valence-electron chi connectivity index (χ0n) is 18.5. The summed E-state index contributed by atoms with van der Waals surface area (Å²) in [5.41, 5.74) is 1.15. The molecule has 3 N–H and O–H groups in total. The number of rotatable bonds is 4. The van der Waals surface area contributed by atoms with E-state index in [1.54, 1.807) is 72.3 Å². The lowest BCUT2D eigenvalue weighted by Crippen LogP contribution is -2.28. The number of aromatic nitrogens is 2. The van der Waals surface area contributed by atoms with Crippen LogP contribution in [-0.2, 0) is 0 Å². The zero-order chi connectivity index (χ0) is 24.0. The highest BCUT2D eigenvalue weighted by Crippen LogP contribution is 2.33. The smallest absolute Gasteiger partial charge is 0.349 e. The number of carboxylic acid groups (broad SMARTS) is 1. The molecule has 0 bridgehead atoms. The van der Waals surface area contributed by atoms with E-state index in [4.69, 9.17) is 5.11 Å². The number of carbonyl (C=O) groups is 2. The Hall–Kier alpha value is -3.78. The van der Waals surface area contributed by atoms with Crippen molar-refractivity contribution in [3.05, 3.63) is 94.0 Å². The van der Waals surface area contributed by atoms with Crippen LogP contribution in [0, 0.1) is 12.8 Å². The Labute approximate surface area is 191 Å². The molecule has 3 atom stereocenters. The highest BCUT2D eigenvalue weighted by molar-refractivity contribution is 6.04. The van der Waals surface area contributed by atoms with Gasteiger partial charge in [0.05, 0.1) is 11.7 Å². The third-order valence-corrected chi connectivity index (χ3v) is 5.63. The van der Waals surface area contributed by atoms with Crippen LogP contribution < -0.4 is 11.0 Å². The molecular weight excluding hydrogens is 422 g/mol. The molecule has 1 heterocycles. The number of benzene rings is 2. The third kappa shape index (κ3) is 6.14. The van der Waals surface area contributed by atoms with Crippen molar-refractivity contribution < 1.29 is 19.8 Å². The largest absolute Gasteiger partial charge is 0.478 e. The number of aliphatic hydroxyl groups is 1. The fraction of sp³-hybridized carbons (Fsp3) is 0.280. The van der Waals surface area contributed by atoms with E-state index in [-0.39, 0.29) is 29.8 Å². The lowest BCUT2D eigenvalue weighted by Gasteiger charge is -2.15. The second-order valence-electron chi connectivity index (χ2n) is 8.12. The number of hydrogen-bond acceptors (Lipinski definition) is 5. The van der Waals surface area contributed by atoms with Crippen LogP contribution in [0.1, 0.15) is 52.1 Å². The van der Waals surface area contributed by atoms with Crippen molar-refractivity contribution in [1.82, 2.24) is 9.55 Å². The number of hydrogen-bond donors (Lipinski definition) is 3. The molecule has 3 aromatic rings. The van der Waals surface area contributed by atoms with E-state index in [2.05, 4.69) is 10.3 Å². The minimum Gasteiger partial charge on any atom is -0.478 e. The summed E-state index contributed by atoms with van der Waals surface area (Å²) in [6.45, 7) is 3.78. The molecule has 172 valence electrons. The molecule has 1 fully saturated rings. The van der Waals surface area contributed by atoms with Gasteiger partial charge in [-0.1, -0.05) is 43.3 Å². The number of nitrogens with one attached hydrogen (secondary N) is 1. The van der Waals surface area contributed by atoms with Crippen molar-refractivity contribution in [3.63, 3.8) is 0 Å². The number of nitrogens with zero attached hydrogens (tertiary/aromatic N) is 2. The van der Waals surface area contributed by atoms with Gasteiger partial charge in [-0.15, -0.1) is 0 Å². The van der Waals surface area contributed by atoms with Crippen LogP contribution >= 0.6 is 0 Å². The van der Waals surface area contributed by atoms with Crippen molar-refractivity contribution >= 4 is 17.7 Å². The van der Waals surface area contributed by atoms with Gasteiger partial charge in [-0.3, -0.25) is 9.36 Å². The number of aryl methyl sites for hydroxylation is 1. The van der Waals surface area contributed by atoms with Crippen molar-refractivity contribution in [2.75, 3.05) is 5.32 Å². The van der Waals surface area contributed by atoms with Crippen LogP contribution in [-0.4, -0.2) is 37.7 Å². The Kier molecular flexibility index (Phi) is 7.74. The first-order valence-corrected chi connectivity index (χ1v) is 10.7. The predicted octanol–water partition coefficient (Wildman–Crippen LogP) is 3.52. The first-order chi connectivity index (χ1) is 15.8. The van der Waals surface area contributed by atoms with Crippen molar-refractivity contribution in [2.24, 2.45) is 5.92 Å². The van der Waals surface area contributed by atoms with Gasteiger partial charge in [-0.2, -0.15) is 4.98 Å². The van der Waals surface area contributed by atoms with E-state index in [0.29, 0.717) is 23.1 Å². The predicted molar refractivity (Wildman–Crippen MR) is 124 cm³/mol. The first-order valence-electron chi connectivity index (χ1n) is 10.7. The van der Waals surface area contributed by atoms with Gasteiger partial charge >= 0.3 is 11.7 Å². The highest BCUT2D eigenvalue weighted by atomic mass is 16.4. The molecule has 8 heteroatoms. The van der Waals surface area contributed by atoms with Gasteiger partial charge in [0.1, 0.15) is 5.82 Å². The Bertz CT molecular complexity index is 1150. The molecule has 1 amide bonds. The molecule has 1 aliphatic carbocycles. The number of anilines is 1. The normalized spacial score (nSPS) is 19.3. The average Bonchev–Trinajstić information content (AvgIpc) is 3.15. The molecule has 0 saturated heterocycles. The van der Waals surface area contributed by atoms with Crippen LogP contribution in [0.2, 0.25) is 0 Å². The summed E-state index contributed by atoms with van der Waals surface area (Å²) in [4.78, 5) is 38.8. The Morgan fingerprint density at radius 3 is 2.06 bits per heavy atom. The number of amides is 1. The molecule has 1 unspecified atom stereocenters. The van der Waals surface area contributed by atoms with Crippen molar-refractivity contribution in [2.45, 2.75) is 38.8 Å². The van der Waals surface area contributed by atoms with Crippen LogP contribution in [0.4, 0.5) is 5.82 Å². The van der Waals surface area contributed by atoms with E-state index in [9.17, 15) is 19.5 Å². The van der Waals surface area contributed by atoms with E-state index in [1.807, 2.05) is 13.0 Å². The van der Waals surface area contributed by atoms with Crippen LogP contribution in [0.3, 0.4) is 0 Å². The quantitative estimate of drug-likeness (QED) is 0.560. The number of carbonyl (C=O) groups excluding carboxylic acids is 1. The molecule has 1 saturated carbocycles. The molecule has 0 spiro atoms. The van der Waals surface area contributed by atoms with Gasteiger partial charge in [0, 0.05) is 23.4 Å². The van der Waals surface area contributed by atoms with Gasteiger partial charge in [0.25, 0.3) is 5.91 Å². The van der Waals surface area contributed by atoms with E-state index < -0.39 is 11.7 Å². The fourth-order valence-corrected chi connectivity index (χ4v) is 3.73. The molecule has 0 aliphatic heterocycles. The monoisotopic (exact) mass is 449 g/mol. The zero-order valence-corrected chi connectivity index (χ0v) is 18.5. The summed E-state index contributed by atoms with van der Waals surface area (Å²) in [6, 6.07) is 17.0. The topological polar surface area (TPSA) is 122 Å². The fourth-order valence-electron chi connectivity index (χ4n) is 3.73. The van der Waals surface area contributed by atoms with Crippen molar-refractivity contribution in [3.8, 4) is 0 Å². The minimum atomic E-state index is -0.879. The Balaban J connectivity index is 0.000000286. The van der Waals surface area contributed by atoms with Crippen LogP contribution in [0.15, 0.2) is 71.7 Å². The summed E-state index contributed by atoms with van der Waals surface area (Å²) >= 11 is 0. The molecule has 2 aromatic carbocycles. The SMILES string of the molecule is Cc1cn([C@H]2CC(O)[C@@H](C)C2)c(=O)nc1NC(=O)c1ccccc1.O=C(O)c1ccccc1. The molecule has 33 heavy (non-hydrogen) atoms. The summed E-state index contributed by atoms with van der Waals surface area (Å²) in [5.74, 6) is -0.736. The summed E-state index contributed by atoms with van der Waals surface area (Å²) in [7, 11) is 0. The number of aromatic carboxylic acids is 1. The van der Waals surface area contributed by atoms with E-state index in [1.165, 1.54) is 0 Å². The van der Waals surface area contributed by atoms with Crippen molar-refractivity contribution in [1.29, 1.82) is 0 Å². The summed E-state index contributed by atoms with van der Waals surface area (Å²) in [5, 5.41) is 21.0. The Morgan fingerprint density at radius 1 is 1.00 bits per heavy atom. The highest BCUT2D eigenvalue weighted by Gasteiger charge is 2.31. The van der Waals surface area contributed by atoms with Crippen LogP contribution in [0.5, 0.6) is 0 Å². The molecule has 1 aliphatic rings. The summed E-state index contributed by atoms with van der Waals surface area (Å²) < 4.78 is 1.57. The van der Waals surface area contributed by atoms with E-state index >= 15 is 0 Å². The molecular formula is C25H27N3O5. The first kappa shape index (κ1) is 23.9. The molecule has 8 nitrogen and oxygen atoms in total. The van der Waals surface area contributed by atoms with Crippen LogP contribution in [0.25, 0.3) is 0 Å². The summed E-state index contributed by atoms with van der Waals surface area (Å²) in [6.07, 6.45) is 2.63. The molecule has 0 radical (unpaired) electrons. The lowest BCUT2D eigenvalue weighted by atomic mass is 10.1. The lowest BCUT2D eigenvalue weighted by molar-refractivity contribution is 0.0696. The second kappa shape index (κ2) is 10.7. The average molecular weight is 450 g/mol. The second-order valence-corrected chi connectivity index (χ2v) is 8.12. The number of aliphatic hydroxyl groups excluding tert-OH is 1. The maximum atomic E-state index is 12.3. The van der Waals surface area contributed by atoms with Gasteiger partial charge in [-0.25, -0.2) is 9.59 Å². The van der Waals surface area contributed by atoms with Gasteiger partial charge in [0.2, 0.25) is 0 Å². The van der Waals surface area contributed by atoms with Gasteiger partial charge in [-0.05, 0) is 49.9 Å². The maximum Gasteiger partial charge on any atom is 0.349 e. The van der Waals surface area contributed by atoms with Gasteiger partial charge < -0.3 is 15.5 Å².